The van der Waals surface area contributed by atoms with Crippen molar-refractivity contribution in [1.29, 1.82) is 0 Å². The molecule has 0 radical (unpaired) electrons. The molecule has 3 unspecified atom stereocenters. The molecule has 1 aromatic heterocycles. The number of hydrogen-bond donors (Lipinski definition) is 7. The smallest absolute Gasteiger partial charge is 0.322 e. The molecule has 0 saturated carbocycles. The number of fused-ring (bicyclic) bond motifs is 1. The van der Waals surface area contributed by atoms with Crippen LogP contribution in [0.3, 0.4) is 0 Å². The number of para-hydroxylation sites is 1. The van der Waals surface area contributed by atoms with Crippen LogP contribution in [0.2, 0.25) is 0 Å². The van der Waals surface area contributed by atoms with Crippen LogP contribution >= 0.6 is 11.8 Å². The fourth-order valence-electron chi connectivity index (χ4n) is 3.70. The molecule has 0 fully saturated rings. The fourth-order valence-corrected chi connectivity index (χ4v) is 4.19. The molecule has 1 heterocycles. The molecule has 9 N–H and O–H groups in total. The van der Waals surface area contributed by atoms with Crippen molar-refractivity contribution in [2.45, 2.75) is 50.2 Å². The van der Waals surface area contributed by atoms with E-state index in [1.54, 1.807) is 18.0 Å². The van der Waals surface area contributed by atoms with E-state index in [4.69, 9.17) is 16.6 Å². The Hall–Kier alpha value is -3.09. The van der Waals surface area contributed by atoms with Gasteiger partial charge in [-0.15, -0.1) is 0 Å². The van der Waals surface area contributed by atoms with Gasteiger partial charge in [-0.2, -0.15) is 11.8 Å². The summed E-state index contributed by atoms with van der Waals surface area (Å²) in [6.07, 6.45) is 5.78. The average Bonchev–Trinajstić information content (AvgIpc) is 3.27. The summed E-state index contributed by atoms with van der Waals surface area (Å²) in [5.74, 6) is -2.13. The van der Waals surface area contributed by atoms with Gasteiger partial charge >= 0.3 is 5.97 Å². The Morgan fingerprint density at radius 1 is 1.03 bits per heavy atom. The van der Waals surface area contributed by atoms with E-state index < -0.39 is 48.4 Å². The van der Waals surface area contributed by atoms with Gasteiger partial charge in [-0.3, -0.25) is 19.2 Å². The van der Waals surface area contributed by atoms with Crippen LogP contribution in [0.15, 0.2) is 30.5 Å². The normalized spacial score (nSPS) is 13.5. The predicted molar refractivity (Wildman–Crippen MR) is 140 cm³/mol. The van der Waals surface area contributed by atoms with Crippen molar-refractivity contribution in [3.05, 3.63) is 36.0 Å². The van der Waals surface area contributed by atoms with E-state index in [1.807, 2.05) is 30.5 Å². The van der Waals surface area contributed by atoms with E-state index in [2.05, 4.69) is 20.9 Å². The Balaban J connectivity index is 2.23. The molecule has 2 rings (SSSR count). The highest BCUT2D eigenvalue weighted by molar-refractivity contribution is 7.98. The summed E-state index contributed by atoms with van der Waals surface area (Å²) in [7, 11) is 0. The molecule has 11 nitrogen and oxygen atoms in total. The van der Waals surface area contributed by atoms with Gasteiger partial charge in [-0.25, -0.2) is 0 Å². The number of aromatic nitrogens is 1. The van der Waals surface area contributed by atoms with Crippen LogP contribution in [0.4, 0.5) is 0 Å². The number of carboxylic acids is 1. The first-order valence-electron chi connectivity index (χ1n) is 11.9. The molecule has 0 aliphatic carbocycles. The first kappa shape index (κ1) is 29.1. The minimum absolute atomic E-state index is 0.170. The number of amides is 3. The highest BCUT2D eigenvalue weighted by Gasteiger charge is 2.29. The topological polar surface area (TPSA) is 192 Å². The van der Waals surface area contributed by atoms with Gasteiger partial charge in [-0.1, -0.05) is 18.2 Å². The van der Waals surface area contributed by atoms with Gasteiger partial charge < -0.3 is 37.5 Å². The molecule has 0 aliphatic heterocycles. The summed E-state index contributed by atoms with van der Waals surface area (Å²) in [5, 5.41) is 17.5. The molecular weight excluding hydrogens is 484 g/mol. The van der Waals surface area contributed by atoms with Crippen LogP contribution in [0.1, 0.15) is 31.2 Å². The number of benzene rings is 1. The Morgan fingerprint density at radius 3 is 2.44 bits per heavy atom. The van der Waals surface area contributed by atoms with E-state index in [0.29, 0.717) is 31.6 Å². The largest absolute Gasteiger partial charge is 0.480 e. The maximum atomic E-state index is 13.4. The number of carbonyl (C=O) groups is 4. The lowest BCUT2D eigenvalue weighted by molar-refractivity contribution is -0.138. The summed E-state index contributed by atoms with van der Waals surface area (Å²) in [6.45, 7) is -0.146. The third kappa shape index (κ3) is 9.17. The summed E-state index contributed by atoms with van der Waals surface area (Å²) < 4.78 is 0. The molecular formula is C24H36N6O5S. The van der Waals surface area contributed by atoms with Crippen LogP contribution in [-0.4, -0.2) is 77.0 Å². The second-order valence-corrected chi connectivity index (χ2v) is 9.46. The monoisotopic (exact) mass is 520 g/mol. The highest BCUT2D eigenvalue weighted by atomic mass is 32.2. The van der Waals surface area contributed by atoms with Crippen LogP contribution < -0.4 is 27.4 Å². The Morgan fingerprint density at radius 2 is 1.75 bits per heavy atom. The molecule has 0 aliphatic rings. The van der Waals surface area contributed by atoms with Crippen molar-refractivity contribution in [1.82, 2.24) is 20.9 Å². The van der Waals surface area contributed by atoms with Gasteiger partial charge in [0.1, 0.15) is 18.6 Å². The summed E-state index contributed by atoms with van der Waals surface area (Å²) >= 11 is 1.57. The quantitative estimate of drug-likeness (QED) is 0.151. The number of rotatable bonds is 16. The van der Waals surface area contributed by atoms with Crippen molar-refractivity contribution in [2.75, 3.05) is 25.1 Å². The predicted octanol–water partition coefficient (Wildman–Crippen LogP) is 0.0902. The first-order chi connectivity index (χ1) is 17.3. The molecule has 198 valence electrons. The summed E-state index contributed by atoms with van der Waals surface area (Å²) in [5.41, 5.74) is 13.3. The summed E-state index contributed by atoms with van der Waals surface area (Å²) in [4.78, 5) is 52.8. The average molecular weight is 521 g/mol. The molecule has 0 spiro atoms. The lowest BCUT2D eigenvalue weighted by Crippen LogP contribution is -2.56. The number of carbonyl (C=O) groups excluding carboxylic acids is 3. The zero-order valence-corrected chi connectivity index (χ0v) is 21.2. The van der Waals surface area contributed by atoms with E-state index in [1.165, 1.54) is 0 Å². The van der Waals surface area contributed by atoms with Crippen LogP contribution in [0.25, 0.3) is 10.9 Å². The zero-order chi connectivity index (χ0) is 26.5. The molecule has 3 amide bonds. The van der Waals surface area contributed by atoms with Crippen LogP contribution in [0.5, 0.6) is 0 Å². The standard InChI is InChI=1S/C24H36N6O5S/c1-36-11-9-17(26)22(33)30-20(12-15-13-27-18-7-3-2-6-16(15)18)24(35)29-19(8-4-5-10-25)23(34)28-14-21(31)32/h2-3,6-7,13,17,19-20,27H,4-5,8-12,14,25-26H2,1H3,(H,28,34)(H,29,35)(H,30,33)(H,31,32). The first-order valence-corrected chi connectivity index (χ1v) is 13.3. The second kappa shape index (κ2) is 15.1. The molecule has 0 bridgehead atoms. The van der Waals surface area contributed by atoms with Gasteiger partial charge in [0.25, 0.3) is 0 Å². The Labute approximate surface area is 214 Å². The Kier molecular flexibility index (Phi) is 12.2. The molecule has 1 aromatic carbocycles. The van der Waals surface area contributed by atoms with E-state index >= 15 is 0 Å². The Bertz CT molecular complexity index is 1030. The molecule has 3 atom stereocenters. The van der Waals surface area contributed by atoms with Gasteiger partial charge in [-0.05, 0) is 55.9 Å². The third-order valence-corrected chi connectivity index (χ3v) is 6.34. The number of nitrogens with one attached hydrogen (secondary N) is 4. The van der Waals surface area contributed by atoms with Crippen LogP contribution in [0, 0.1) is 0 Å². The molecule has 36 heavy (non-hydrogen) atoms. The number of hydrogen-bond acceptors (Lipinski definition) is 7. The van der Waals surface area contributed by atoms with Gasteiger partial charge in [0, 0.05) is 23.5 Å². The van der Waals surface area contributed by atoms with Gasteiger partial charge in [0.05, 0.1) is 6.04 Å². The fraction of sp³-hybridized carbons (Fsp3) is 0.500. The molecule has 0 saturated heterocycles. The number of aliphatic carboxylic acids is 1. The van der Waals surface area contributed by atoms with E-state index in [-0.39, 0.29) is 12.8 Å². The van der Waals surface area contributed by atoms with Crippen molar-refractivity contribution in [2.24, 2.45) is 11.5 Å². The second-order valence-electron chi connectivity index (χ2n) is 8.47. The summed E-state index contributed by atoms with van der Waals surface area (Å²) in [6, 6.07) is 4.84. The third-order valence-electron chi connectivity index (χ3n) is 5.70. The minimum Gasteiger partial charge on any atom is -0.480 e. The number of carboxylic acid groups (broad SMARTS) is 1. The van der Waals surface area contributed by atoms with Crippen molar-refractivity contribution >= 4 is 46.4 Å². The molecule has 2 aromatic rings. The minimum atomic E-state index is -1.20. The van der Waals surface area contributed by atoms with Crippen molar-refractivity contribution in [3.63, 3.8) is 0 Å². The van der Waals surface area contributed by atoms with Crippen LogP contribution in [-0.2, 0) is 25.6 Å². The lowest BCUT2D eigenvalue weighted by atomic mass is 10.0. The maximum absolute atomic E-state index is 13.4. The van der Waals surface area contributed by atoms with Crippen molar-refractivity contribution < 1.29 is 24.3 Å². The zero-order valence-electron chi connectivity index (χ0n) is 20.4. The number of aromatic amines is 1. The number of nitrogens with two attached hydrogens (primary N) is 2. The van der Waals surface area contributed by atoms with Crippen molar-refractivity contribution in [3.8, 4) is 0 Å². The van der Waals surface area contributed by atoms with E-state index in [9.17, 15) is 19.2 Å². The highest BCUT2D eigenvalue weighted by Crippen LogP contribution is 2.19. The molecule has 12 heteroatoms. The van der Waals surface area contributed by atoms with E-state index in [0.717, 1.165) is 16.5 Å². The lowest BCUT2D eigenvalue weighted by Gasteiger charge is -2.24. The van der Waals surface area contributed by atoms with Gasteiger partial charge in [0.2, 0.25) is 17.7 Å². The number of thioether (sulfide) groups is 1. The van der Waals surface area contributed by atoms with Gasteiger partial charge in [0.15, 0.2) is 0 Å². The number of unbranched alkanes of at least 4 members (excludes halogenated alkanes) is 1. The number of H-pyrrole nitrogens is 1. The SMILES string of the molecule is CSCCC(N)C(=O)NC(Cc1c[nH]c2ccccc12)C(=O)NC(CCCCN)C(=O)NCC(=O)O. The maximum Gasteiger partial charge on any atom is 0.322 e.